The first-order valence-corrected chi connectivity index (χ1v) is 6.76. The van der Waals surface area contributed by atoms with Crippen LogP contribution in [-0.2, 0) is 4.74 Å². The summed E-state index contributed by atoms with van der Waals surface area (Å²) < 4.78 is 5.05. The Morgan fingerprint density at radius 2 is 2.00 bits per heavy atom. The van der Waals surface area contributed by atoms with Crippen molar-refractivity contribution in [1.29, 1.82) is 0 Å². The Bertz CT molecular complexity index is 198. The maximum absolute atomic E-state index is 6.15. The maximum atomic E-state index is 6.15. The smallest absolute Gasteiger partial charge is 0.0462 e. The number of nitrogens with zero attached hydrogens (tertiary/aromatic N) is 1. The molecule has 0 spiro atoms. The molecule has 2 aliphatic rings. The summed E-state index contributed by atoms with van der Waals surface area (Å²) >= 11 is 0. The van der Waals surface area contributed by atoms with E-state index in [0.717, 1.165) is 37.8 Å². The molecule has 2 N–H and O–H groups in total. The highest BCUT2D eigenvalue weighted by Gasteiger charge is 2.36. The molecule has 1 heterocycles. The molecule has 2 rings (SSSR count). The second-order valence-electron chi connectivity index (χ2n) is 5.56. The van der Waals surface area contributed by atoms with Crippen molar-refractivity contribution in [3.63, 3.8) is 0 Å². The molecule has 0 amide bonds. The quantitative estimate of drug-likeness (QED) is 0.697. The van der Waals surface area contributed by atoms with E-state index in [2.05, 4.69) is 4.90 Å². The van der Waals surface area contributed by atoms with Crippen LogP contribution in [-0.4, -0.2) is 44.3 Å². The van der Waals surface area contributed by atoms with E-state index in [1.54, 1.807) is 7.11 Å². The van der Waals surface area contributed by atoms with Crippen molar-refractivity contribution < 1.29 is 4.74 Å². The van der Waals surface area contributed by atoms with Gasteiger partial charge in [-0.2, -0.15) is 0 Å². The predicted octanol–water partition coefficient (Wildman–Crippen LogP) is 1.47. The van der Waals surface area contributed by atoms with Gasteiger partial charge >= 0.3 is 0 Å². The topological polar surface area (TPSA) is 38.5 Å². The van der Waals surface area contributed by atoms with Crippen LogP contribution >= 0.6 is 0 Å². The fraction of sp³-hybridized carbons (Fsp3) is 1.00. The minimum absolute atomic E-state index is 0.342. The fourth-order valence-electron chi connectivity index (χ4n) is 3.39. The van der Waals surface area contributed by atoms with Crippen LogP contribution in [0.1, 0.15) is 32.1 Å². The van der Waals surface area contributed by atoms with E-state index in [1.165, 1.54) is 32.4 Å². The van der Waals surface area contributed by atoms with Crippen molar-refractivity contribution >= 4 is 0 Å². The van der Waals surface area contributed by atoms with Gasteiger partial charge in [0.2, 0.25) is 0 Å². The van der Waals surface area contributed by atoms with E-state index < -0.39 is 0 Å². The number of fused-ring (bicyclic) bond motifs is 1. The zero-order chi connectivity index (χ0) is 11.4. The number of hydrogen-bond acceptors (Lipinski definition) is 3. The van der Waals surface area contributed by atoms with E-state index >= 15 is 0 Å². The molecule has 94 valence electrons. The highest BCUT2D eigenvalue weighted by Crippen LogP contribution is 2.37. The number of hydrogen-bond donors (Lipinski definition) is 1. The summed E-state index contributed by atoms with van der Waals surface area (Å²) in [6.45, 7) is 4.56. The summed E-state index contributed by atoms with van der Waals surface area (Å²) in [5.41, 5.74) is 6.15. The van der Waals surface area contributed by atoms with Gasteiger partial charge in [-0.3, -0.25) is 0 Å². The largest absolute Gasteiger partial charge is 0.385 e. The van der Waals surface area contributed by atoms with Crippen LogP contribution in [0.25, 0.3) is 0 Å². The third-order valence-corrected chi connectivity index (χ3v) is 4.22. The lowest BCUT2D eigenvalue weighted by molar-refractivity contribution is 0.186. The van der Waals surface area contributed by atoms with Crippen molar-refractivity contribution in [2.45, 2.75) is 38.1 Å². The van der Waals surface area contributed by atoms with Crippen LogP contribution in [0.5, 0.6) is 0 Å². The average Bonchev–Trinajstić information content (AvgIpc) is 2.78. The van der Waals surface area contributed by atoms with Crippen molar-refractivity contribution in [1.82, 2.24) is 4.90 Å². The van der Waals surface area contributed by atoms with Gasteiger partial charge in [-0.1, -0.05) is 6.42 Å². The van der Waals surface area contributed by atoms with Gasteiger partial charge in [-0.05, 0) is 37.5 Å². The molecule has 1 aliphatic carbocycles. The molecule has 3 atom stereocenters. The molecule has 0 aromatic rings. The first kappa shape index (κ1) is 12.3. The number of ether oxygens (including phenoxy) is 1. The number of nitrogens with two attached hydrogens (primary N) is 1. The molecule has 3 unspecified atom stereocenters. The molecular weight excluding hydrogens is 200 g/mol. The minimum Gasteiger partial charge on any atom is -0.385 e. The summed E-state index contributed by atoms with van der Waals surface area (Å²) in [5.74, 6) is 1.98. The van der Waals surface area contributed by atoms with Crippen LogP contribution < -0.4 is 5.73 Å². The van der Waals surface area contributed by atoms with Gasteiger partial charge < -0.3 is 15.4 Å². The van der Waals surface area contributed by atoms with Gasteiger partial charge in [0, 0.05) is 39.4 Å². The Labute approximate surface area is 99.3 Å². The fourth-order valence-corrected chi connectivity index (χ4v) is 3.39. The van der Waals surface area contributed by atoms with Crippen molar-refractivity contribution in [2.24, 2.45) is 17.6 Å². The van der Waals surface area contributed by atoms with Gasteiger partial charge in [-0.15, -0.1) is 0 Å². The van der Waals surface area contributed by atoms with Crippen LogP contribution in [0.3, 0.4) is 0 Å². The molecule has 16 heavy (non-hydrogen) atoms. The molecule has 0 radical (unpaired) electrons. The molecular formula is C13H26N2O. The molecule has 1 saturated carbocycles. The van der Waals surface area contributed by atoms with Gasteiger partial charge in [0.15, 0.2) is 0 Å². The highest BCUT2D eigenvalue weighted by atomic mass is 16.5. The van der Waals surface area contributed by atoms with E-state index in [4.69, 9.17) is 10.5 Å². The summed E-state index contributed by atoms with van der Waals surface area (Å²) in [5, 5.41) is 0. The third kappa shape index (κ3) is 3.19. The molecule has 0 bridgehead atoms. The second kappa shape index (κ2) is 5.99. The highest BCUT2D eigenvalue weighted by molar-refractivity contribution is 4.89. The van der Waals surface area contributed by atoms with Gasteiger partial charge in [0.1, 0.15) is 0 Å². The van der Waals surface area contributed by atoms with Gasteiger partial charge in [0.25, 0.3) is 0 Å². The molecule has 0 aromatic heterocycles. The molecule has 3 heteroatoms. The third-order valence-electron chi connectivity index (χ3n) is 4.22. The molecule has 3 nitrogen and oxygen atoms in total. The second-order valence-corrected chi connectivity index (χ2v) is 5.56. The standard InChI is InChI=1S/C13H26N2O/c1-16-7-3-6-13(14)10-15-8-11-4-2-5-12(11)9-15/h11-13H,2-10,14H2,1H3. The number of methoxy groups -OCH3 is 1. The first-order valence-electron chi connectivity index (χ1n) is 6.76. The Balaban J connectivity index is 1.63. The van der Waals surface area contributed by atoms with Crippen molar-refractivity contribution in [2.75, 3.05) is 33.4 Å². The normalized spacial score (nSPS) is 31.9. The average molecular weight is 226 g/mol. The Hall–Kier alpha value is -0.120. The van der Waals surface area contributed by atoms with Crippen LogP contribution in [0, 0.1) is 11.8 Å². The van der Waals surface area contributed by atoms with Crippen LogP contribution in [0.15, 0.2) is 0 Å². The Morgan fingerprint density at radius 1 is 1.31 bits per heavy atom. The van der Waals surface area contributed by atoms with E-state index in [9.17, 15) is 0 Å². The van der Waals surface area contributed by atoms with Crippen molar-refractivity contribution in [3.8, 4) is 0 Å². The summed E-state index contributed by atoms with van der Waals surface area (Å²) in [6, 6.07) is 0.342. The molecule has 1 saturated heterocycles. The Kier molecular flexibility index (Phi) is 4.62. The zero-order valence-electron chi connectivity index (χ0n) is 10.5. The number of likely N-dealkylation sites (tertiary alicyclic amines) is 1. The molecule has 2 fully saturated rings. The summed E-state index contributed by atoms with van der Waals surface area (Å²) in [7, 11) is 1.76. The lowest BCUT2D eigenvalue weighted by Crippen LogP contribution is -2.36. The predicted molar refractivity (Wildman–Crippen MR) is 66.4 cm³/mol. The SMILES string of the molecule is COCCCC(N)CN1CC2CCCC2C1. The lowest BCUT2D eigenvalue weighted by Gasteiger charge is -2.21. The molecule has 1 aliphatic heterocycles. The first-order chi connectivity index (χ1) is 7.79. The maximum Gasteiger partial charge on any atom is 0.0462 e. The van der Waals surface area contributed by atoms with Crippen LogP contribution in [0.4, 0.5) is 0 Å². The van der Waals surface area contributed by atoms with E-state index in [-0.39, 0.29) is 0 Å². The Morgan fingerprint density at radius 3 is 2.62 bits per heavy atom. The number of rotatable bonds is 6. The van der Waals surface area contributed by atoms with Crippen molar-refractivity contribution in [3.05, 3.63) is 0 Å². The monoisotopic (exact) mass is 226 g/mol. The van der Waals surface area contributed by atoms with E-state index in [1.807, 2.05) is 0 Å². The zero-order valence-corrected chi connectivity index (χ0v) is 10.5. The lowest BCUT2D eigenvalue weighted by atomic mass is 10.0. The van der Waals surface area contributed by atoms with Gasteiger partial charge in [0.05, 0.1) is 0 Å². The van der Waals surface area contributed by atoms with E-state index in [0.29, 0.717) is 6.04 Å². The van der Waals surface area contributed by atoms with Crippen LogP contribution in [0.2, 0.25) is 0 Å². The summed E-state index contributed by atoms with van der Waals surface area (Å²) in [6.07, 6.45) is 6.57. The summed E-state index contributed by atoms with van der Waals surface area (Å²) in [4.78, 5) is 2.59. The molecule has 0 aromatic carbocycles. The minimum atomic E-state index is 0.342. The van der Waals surface area contributed by atoms with Gasteiger partial charge in [-0.25, -0.2) is 0 Å².